The Kier molecular flexibility index (Phi) is 5.98. The lowest BCUT2D eigenvalue weighted by Gasteiger charge is -1.99. The molecule has 0 aliphatic rings. The molecule has 0 saturated carbocycles. The number of para-hydroxylation sites is 1. The summed E-state index contributed by atoms with van der Waals surface area (Å²) in [5.74, 6) is -2.69. The zero-order chi connectivity index (χ0) is 14.3. The second-order valence-electron chi connectivity index (χ2n) is 3.30. The molecule has 0 aliphatic carbocycles. The van der Waals surface area contributed by atoms with E-state index in [1.54, 1.807) is 0 Å². The summed E-state index contributed by atoms with van der Waals surface area (Å²) in [6.45, 7) is 5.24. The number of rotatable bonds is 3. The zero-order valence-corrected chi connectivity index (χ0v) is 9.88. The summed E-state index contributed by atoms with van der Waals surface area (Å²) in [5, 5.41) is 26.2. The van der Waals surface area contributed by atoms with Crippen LogP contribution in [0.25, 0.3) is 0 Å². The van der Waals surface area contributed by atoms with Gasteiger partial charge in [-0.1, -0.05) is 19.6 Å². The number of hydrogen-bond acceptors (Lipinski definition) is 4. The van der Waals surface area contributed by atoms with E-state index in [2.05, 4.69) is 6.58 Å². The average molecular weight is 253 g/mol. The molecule has 0 bridgehead atoms. The lowest BCUT2D eigenvalue weighted by atomic mass is 10.2. The van der Waals surface area contributed by atoms with Crippen molar-refractivity contribution in [3.05, 3.63) is 35.9 Å². The van der Waals surface area contributed by atoms with E-state index in [1.807, 2.05) is 6.92 Å². The number of hydrogen-bond donors (Lipinski definition) is 4. The minimum atomic E-state index is -1.27. The number of nitrogens with two attached hydrogens (primary N) is 1. The maximum atomic E-state index is 10.3. The third-order valence-electron chi connectivity index (χ3n) is 2.02. The molecule has 0 aromatic heterocycles. The molecule has 98 valence electrons. The molecule has 6 nitrogen and oxygen atoms in total. The molecule has 0 heterocycles. The standard InChI is InChI=1S/C7H6O4.C5H9NO/c8-5-3-1-2-4(6(5)9)7(10)11;1-3-4(2)5(6)7/h1-3,8-9H,(H,10,11);2-3H2,1H3,(H2,6,7). The average Bonchev–Trinajstić information content (AvgIpc) is 2.31. The van der Waals surface area contributed by atoms with Gasteiger partial charge >= 0.3 is 5.97 Å². The van der Waals surface area contributed by atoms with Gasteiger partial charge in [-0.3, -0.25) is 4.79 Å². The lowest BCUT2D eigenvalue weighted by Crippen LogP contribution is -2.11. The van der Waals surface area contributed by atoms with Crippen LogP contribution < -0.4 is 5.73 Å². The van der Waals surface area contributed by atoms with Crippen LogP contribution in [0.5, 0.6) is 11.5 Å². The molecule has 0 aliphatic heterocycles. The monoisotopic (exact) mass is 253 g/mol. The lowest BCUT2D eigenvalue weighted by molar-refractivity contribution is -0.114. The maximum Gasteiger partial charge on any atom is 0.339 e. The van der Waals surface area contributed by atoms with E-state index >= 15 is 0 Å². The van der Waals surface area contributed by atoms with Crippen LogP contribution in [0, 0.1) is 0 Å². The van der Waals surface area contributed by atoms with Gasteiger partial charge in [0.2, 0.25) is 5.91 Å². The number of benzene rings is 1. The number of primary amides is 1. The molecular formula is C12H15NO5. The Balaban J connectivity index is 0.000000360. The molecule has 0 radical (unpaired) electrons. The molecule has 0 unspecified atom stereocenters. The first-order valence-electron chi connectivity index (χ1n) is 5.03. The normalized spacial score (nSPS) is 8.94. The topological polar surface area (TPSA) is 121 Å². The summed E-state index contributed by atoms with van der Waals surface area (Å²) >= 11 is 0. The zero-order valence-electron chi connectivity index (χ0n) is 9.88. The molecular weight excluding hydrogens is 238 g/mol. The predicted octanol–water partition coefficient (Wildman–Crippen LogP) is 1.23. The quantitative estimate of drug-likeness (QED) is 0.477. The first-order valence-corrected chi connectivity index (χ1v) is 5.03. The fourth-order valence-electron chi connectivity index (χ4n) is 0.878. The van der Waals surface area contributed by atoms with Crippen LogP contribution in [0.3, 0.4) is 0 Å². The van der Waals surface area contributed by atoms with Crippen molar-refractivity contribution in [3.63, 3.8) is 0 Å². The highest BCUT2D eigenvalue weighted by atomic mass is 16.4. The van der Waals surface area contributed by atoms with Gasteiger partial charge in [-0.05, 0) is 18.6 Å². The van der Waals surface area contributed by atoms with Gasteiger partial charge in [-0.15, -0.1) is 0 Å². The summed E-state index contributed by atoms with van der Waals surface area (Å²) in [6.07, 6.45) is 0.648. The van der Waals surface area contributed by atoms with Gasteiger partial charge in [0, 0.05) is 5.57 Å². The third-order valence-corrected chi connectivity index (χ3v) is 2.02. The predicted molar refractivity (Wildman–Crippen MR) is 65.4 cm³/mol. The number of amides is 1. The highest BCUT2D eigenvalue weighted by Gasteiger charge is 2.11. The molecule has 5 N–H and O–H groups in total. The van der Waals surface area contributed by atoms with Gasteiger partial charge in [0.1, 0.15) is 5.56 Å². The molecule has 18 heavy (non-hydrogen) atoms. The SMILES string of the molecule is C=C(CC)C(N)=O.O=C(O)c1cccc(O)c1O. The maximum absolute atomic E-state index is 10.3. The number of carboxylic acid groups (broad SMARTS) is 1. The Morgan fingerprint density at radius 1 is 1.33 bits per heavy atom. The van der Waals surface area contributed by atoms with E-state index in [9.17, 15) is 9.59 Å². The Labute approximate surface area is 104 Å². The first-order chi connectivity index (χ1) is 8.31. The van der Waals surface area contributed by atoms with Crippen molar-refractivity contribution in [2.75, 3.05) is 0 Å². The first kappa shape index (κ1) is 15.5. The number of carboxylic acids is 1. The third kappa shape index (κ3) is 4.56. The summed E-state index contributed by atoms with van der Waals surface area (Å²) in [6, 6.07) is 3.76. The van der Waals surface area contributed by atoms with Crippen LogP contribution in [-0.2, 0) is 4.79 Å². The molecule has 0 fully saturated rings. The van der Waals surface area contributed by atoms with Crippen molar-refractivity contribution in [1.82, 2.24) is 0 Å². The van der Waals surface area contributed by atoms with Crippen LogP contribution in [0.1, 0.15) is 23.7 Å². The van der Waals surface area contributed by atoms with Gasteiger partial charge in [0.25, 0.3) is 0 Å². The molecule has 6 heteroatoms. The molecule has 0 atom stereocenters. The molecule has 1 aromatic carbocycles. The Hall–Kier alpha value is -2.50. The van der Waals surface area contributed by atoms with Crippen molar-refractivity contribution in [2.45, 2.75) is 13.3 Å². The summed E-state index contributed by atoms with van der Waals surface area (Å²) in [4.78, 5) is 20.4. The van der Waals surface area contributed by atoms with Gasteiger partial charge in [-0.25, -0.2) is 4.79 Å². The largest absolute Gasteiger partial charge is 0.504 e. The van der Waals surface area contributed by atoms with Crippen molar-refractivity contribution >= 4 is 11.9 Å². The molecule has 1 aromatic rings. The fourth-order valence-corrected chi connectivity index (χ4v) is 0.878. The van der Waals surface area contributed by atoms with E-state index in [1.165, 1.54) is 18.2 Å². The molecule has 0 saturated heterocycles. The molecule has 1 rings (SSSR count). The van der Waals surface area contributed by atoms with E-state index in [0.29, 0.717) is 12.0 Å². The smallest absolute Gasteiger partial charge is 0.339 e. The van der Waals surface area contributed by atoms with Gasteiger partial charge < -0.3 is 21.1 Å². The summed E-state index contributed by atoms with van der Waals surface area (Å²) < 4.78 is 0. The van der Waals surface area contributed by atoms with Crippen LogP contribution in [0.4, 0.5) is 0 Å². The van der Waals surface area contributed by atoms with Crippen molar-refractivity contribution in [1.29, 1.82) is 0 Å². The number of aromatic carboxylic acids is 1. The van der Waals surface area contributed by atoms with E-state index < -0.39 is 23.4 Å². The Morgan fingerprint density at radius 2 is 1.89 bits per heavy atom. The number of carbonyl (C=O) groups excluding carboxylic acids is 1. The molecule has 0 spiro atoms. The van der Waals surface area contributed by atoms with Crippen molar-refractivity contribution < 1.29 is 24.9 Å². The van der Waals surface area contributed by atoms with E-state index in [0.717, 1.165) is 0 Å². The van der Waals surface area contributed by atoms with Gasteiger partial charge in [0.15, 0.2) is 11.5 Å². The second-order valence-corrected chi connectivity index (χ2v) is 3.30. The van der Waals surface area contributed by atoms with Gasteiger partial charge in [-0.2, -0.15) is 0 Å². The summed E-state index contributed by atoms with van der Waals surface area (Å²) in [7, 11) is 0. The van der Waals surface area contributed by atoms with Crippen LogP contribution >= 0.6 is 0 Å². The minimum Gasteiger partial charge on any atom is -0.504 e. The Morgan fingerprint density at radius 3 is 2.17 bits per heavy atom. The summed E-state index contributed by atoms with van der Waals surface area (Å²) in [5.41, 5.74) is 4.99. The van der Waals surface area contributed by atoms with Crippen LogP contribution in [-0.4, -0.2) is 27.2 Å². The van der Waals surface area contributed by atoms with Crippen LogP contribution in [0.15, 0.2) is 30.4 Å². The van der Waals surface area contributed by atoms with Crippen LogP contribution in [0.2, 0.25) is 0 Å². The highest BCUT2D eigenvalue weighted by molar-refractivity contribution is 5.91. The number of aromatic hydroxyl groups is 2. The Bertz CT molecular complexity index is 468. The number of phenolic OH excluding ortho intramolecular Hbond substituents is 1. The molecule has 1 amide bonds. The number of carbonyl (C=O) groups is 2. The van der Waals surface area contributed by atoms with E-state index in [-0.39, 0.29) is 5.56 Å². The highest BCUT2D eigenvalue weighted by Crippen LogP contribution is 2.27. The number of phenols is 2. The van der Waals surface area contributed by atoms with Gasteiger partial charge in [0.05, 0.1) is 0 Å². The van der Waals surface area contributed by atoms with E-state index in [4.69, 9.17) is 21.1 Å². The fraction of sp³-hybridized carbons (Fsp3) is 0.167. The second kappa shape index (κ2) is 6.95. The van der Waals surface area contributed by atoms with Crippen molar-refractivity contribution in [3.8, 4) is 11.5 Å². The minimum absolute atomic E-state index is 0.301. The van der Waals surface area contributed by atoms with Crippen molar-refractivity contribution in [2.24, 2.45) is 5.73 Å².